The molecule has 4 nitrogen and oxygen atoms in total. The highest BCUT2D eigenvalue weighted by molar-refractivity contribution is 6.22. The van der Waals surface area contributed by atoms with Crippen molar-refractivity contribution in [3.05, 3.63) is 218 Å². The number of fused-ring (bicyclic) bond motifs is 7. The maximum atomic E-state index is 5.39. The van der Waals surface area contributed by atoms with E-state index >= 15 is 0 Å². The van der Waals surface area contributed by atoms with Gasteiger partial charge in [0.25, 0.3) is 0 Å². The summed E-state index contributed by atoms with van der Waals surface area (Å²) in [6.45, 7) is 0. The average Bonchev–Trinajstić information content (AvgIpc) is 3.84. The molecule has 9 aromatic carbocycles. The van der Waals surface area contributed by atoms with Crippen LogP contribution >= 0.6 is 0 Å². The highest BCUT2D eigenvalue weighted by Crippen LogP contribution is 2.44. The van der Waals surface area contributed by atoms with Gasteiger partial charge in [-0.15, -0.1) is 0 Å². The third-order valence-electron chi connectivity index (χ3n) is 11.9. The highest BCUT2D eigenvalue weighted by Gasteiger charge is 2.23. The minimum Gasteiger partial charge on any atom is -0.309 e. The Bertz CT molecular complexity index is 3510. The molecule has 0 saturated heterocycles. The van der Waals surface area contributed by atoms with Crippen molar-refractivity contribution < 1.29 is 0 Å². The first kappa shape index (κ1) is 34.0. The molecule has 0 aliphatic rings. The van der Waals surface area contributed by atoms with Crippen LogP contribution in [-0.2, 0) is 0 Å². The summed E-state index contributed by atoms with van der Waals surface area (Å²) in [6, 6.07) is 78.0. The molecule has 0 atom stereocenters. The van der Waals surface area contributed by atoms with Crippen molar-refractivity contribution in [2.75, 3.05) is 0 Å². The molecule has 12 rings (SSSR count). The fourth-order valence-corrected chi connectivity index (χ4v) is 9.18. The lowest BCUT2D eigenvalue weighted by molar-refractivity contribution is 1.05. The molecule has 0 unspecified atom stereocenters. The van der Waals surface area contributed by atoms with Crippen molar-refractivity contribution in [1.82, 2.24) is 19.1 Å². The maximum absolute atomic E-state index is 5.39. The van der Waals surface area contributed by atoms with Gasteiger partial charge in [0.15, 0.2) is 5.82 Å². The van der Waals surface area contributed by atoms with E-state index in [9.17, 15) is 0 Å². The second kappa shape index (κ2) is 13.8. The number of benzene rings is 9. The van der Waals surface area contributed by atoms with Crippen LogP contribution in [0.4, 0.5) is 0 Å². The summed E-state index contributed by atoms with van der Waals surface area (Å²) in [5.74, 6) is 1.51. The van der Waals surface area contributed by atoms with E-state index in [1.807, 2.05) is 24.3 Å². The summed E-state index contributed by atoms with van der Waals surface area (Å²) < 4.78 is 4.77. The molecule has 0 bridgehead atoms. The normalized spacial score (nSPS) is 11.7. The van der Waals surface area contributed by atoms with Gasteiger partial charge in [0.1, 0.15) is 5.82 Å². The summed E-state index contributed by atoms with van der Waals surface area (Å²) in [4.78, 5) is 10.5. The molecule has 0 fully saturated rings. The molecule has 3 aromatic heterocycles. The first-order chi connectivity index (χ1) is 29.8. The van der Waals surface area contributed by atoms with E-state index in [1.54, 1.807) is 0 Å². The van der Waals surface area contributed by atoms with Crippen molar-refractivity contribution in [2.45, 2.75) is 0 Å². The number of para-hydroxylation sites is 2. The summed E-state index contributed by atoms with van der Waals surface area (Å²) in [5, 5.41) is 7.17. The van der Waals surface area contributed by atoms with E-state index in [-0.39, 0.29) is 0 Å². The summed E-state index contributed by atoms with van der Waals surface area (Å²) in [6.07, 6.45) is 0. The molecular weight excluding hydrogens is 729 g/mol. The number of rotatable bonds is 6. The van der Waals surface area contributed by atoms with E-state index in [1.165, 1.54) is 60.0 Å². The molecule has 0 amide bonds. The topological polar surface area (TPSA) is 35.6 Å². The standard InChI is InChI=1S/C56H36N4/c1-4-16-37(17-5-1)38-28-31-43(32-29-38)59-50-26-14-12-24-45(50)47-35-42(30-33-52(47)59)54-44-23-11-10-22-41(44)34-48-46-25-13-15-27-51(46)60(55(48)54)53-36-49(39-18-6-2-7-19-39)57-56(58-53)40-20-8-3-9-21-40/h1-36H. The maximum Gasteiger partial charge on any atom is 0.162 e. The molecule has 0 aliphatic heterocycles. The minimum atomic E-state index is 0.686. The second-order valence-corrected chi connectivity index (χ2v) is 15.4. The van der Waals surface area contributed by atoms with Crippen LogP contribution < -0.4 is 0 Å². The van der Waals surface area contributed by atoms with Crippen LogP contribution in [0.1, 0.15) is 0 Å². The van der Waals surface area contributed by atoms with Crippen LogP contribution in [0.5, 0.6) is 0 Å². The number of aromatic nitrogens is 4. The summed E-state index contributed by atoms with van der Waals surface area (Å²) in [5.41, 5.74) is 13.3. The molecule has 4 heteroatoms. The number of hydrogen-bond acceptors (Lipinski definition) is 2. The first-order valence-electron chi connectivity index (χ1n) is 20.4. The van der Waals surface area contributed by atoms with Gasteiger partial charge in [-0.2, -0.15) is 0 Å². The SMILES string of the molecule is c1ccc(-c2ccc(-n3c4ccccc4c4cc(-c5c6ccccc6cc6c7ccccc7n(-c7cc(-c8ccccc8)nc(-c8ccccc8)n7)c56)ccc43)cc2)cc1. The Hall–Kier alpha value is -8.08. The lowest BCUT2D eigenvalue weighted by Gasteiger charge is -2.16. The first-order valence-corrected chi connectivity index (χ1v) is 20.4. The molecule has 0 spiro atoms. The van der Waals surface area contributed by atoms with E-state index in [2.05, 4.69) is 203 Å². The van der Waals surface area contributed by atoms with Crippen LogP contribution in [0.2, 0.25) is 0 Å². The van der Waals surface area contributed by atoms with Crippen LogP contribution in [0.25, 0.3) is 111 Å². The van der Waals surface area contributed by atoms with E-state index in [0.717, 1.165) is 44.9 Å². The Morgan fingerprint density at radius 1 is 0.317 bits per heavy atom. The molecular formula is C56H36N4. The van der Waals surface area contributed by atoms with Crippen molar-refractivity contribution in [3.8, 4) is 56.4 Å². The second-order valence-electron chi connectivity index (χ2n) is 15.4. The fraction of sp³-hybridized carbons (Fsp3) is 0. The lowest BCUT2D eigenvalue weighted by atomic mass is 9.94. The zero-order valence-corrected chi connectivity index (χ0v) is 32.6. The predicted molar refractivity (Wildman–Crippen MR) is 250 cm³/mol. The van der Waals surface area contributed by atoms with Crippen LogP contribution in [0, 0.1) is 0 Å². The van der Waals surface area contributed by atoms with Gasteiger partial charge in [0, 0.05) is 50.0 Å². The quantitative estimate of drug-likeness (QED) is 0.169. The summed E-state index contributed by atoms with van der Waals surface area (Å²) in [7, 11) is 0. The van der Waals surface area contributed by atoms with Crippen LogP contribution in [0.15, 0.2) is 218 Å². The molecule has 0 radical (unpaired) electrons. The average molecular weight is 765 g/mol. The number of nitrogens with zero attached hydrogens (tertiary/aromatic N) is 4. The summed E-state index contributed by atoms with van der Waals surface area (Å²) >= 11 is 0. The third-order valence-corrected chi connectivity index (χ3v) is 11.9. The largest absolute Gasteiger partial charge is 0.309 e. The van der Waals surface area contributed by atoms with Gasteiger partial charge in [-0.05, 0) is 69.9 Å². The van der Waals surface area contributed by atoms with Gasteiger partial charge in [-0.25, -0.2) is 9.97 Å². The molecule has 0 aliphatic carbocycles. The van der Waals surface area contributed by atoms with E-state index in [0.29, 0.717) is 5.82 Å². The van der Waals surface area contributed by atoms with Crippen molar-refractivity contribution in [1.29, 1.82) is 0 Å². The monoisotopic (exact) mass is 764 g/mol. The Kier molecular flexibility index (Phi) is 7.82. The van der Waals surface area contributed by atoms with Crippen LogP contribution in [0.3, 0.4) is 0 Å². The minimum absolute atomic E-state index is 0.686. The Morgan fingerprint density at radius 2 is 0.850 bits per heavy atom. The van der Waals surface area contributed by atoms with Gasteiger partial charge >= 0.3 is 0 Å². The zero-order valence-electron chi connectivity index (χ0n) is 32.6. The van der Waals surface area contributed by atoms with Gasteiger partial charge in [-0.1, -0.05) is 170 Å². The smallest absolute Gasteiger partial charge is 0.162 e. The lowest BCUT2D eigenvalue weighted by Crippen LogP contribution is -2.03. The van der Waals surface area contributed by atoms with E-state index in [4.69, 9.17) is 9.97 Å². The third kappa shape index (κ3) is 5.46. The van der Waals surface area contributed by atoms with E-state index < -0.39 is 0 Å². The Balaban J connectivity index is 1.14. The molecule has 3 heterocycles. The van der Waals surface area contributed by atoms with Crippen molar-refractivity contribution in [2.24, 2.45) is 0 Å². The van der Waals surface area contributed by atoms with Gasteiger partial charge in [-0.3, -0.25) is 4.57 Å². The molecule has 280 valence electrons. The zero-order chi connectivity index (χ0) is 39.6. The molecule has 12 aromatic rings. The molecule has 0 N–H and O–H groups in total. The van der Waals surface area contributed by atoms with Crippen LogP contribution in [-0.4, -0.2) is 19.1 Å². The molecule has 60 heavy (non-hydrogen) atoms. The Labute approximate surface area is 346 Å². The Morgan fingerprint density at radius 3 is 1.57 bits per heavy atom. The fourth-order valence-electron chi connectivity index (χ4n) is 9.18. The predicted octanol–water partition coefficient (Wildman–Crippen LogP) is 14.5. The van der Waals surface area contributed by atoms with Gasteiger partial charge < -0.3 is 4.57 Å². The highest BCUT2D eigenvalue weighted by atomic mass is 15.1. The van der Waals surface area contributed by atoms with Crippen molar-refractivity contribution >= 4 is 54.4 Å². The number of hydrogen-bond donors (Lipinski definition) is 0. The van der Waals surface area contributed by atoms with Crippen molar-refractivity contribution in [3.63, 3.8) is 0 Å². The van der Waals surface area contributed by atoms with Gasteiger partial charge in [0.2, 0.25) is 0 Å². The molecule has 0 saturated carbocycles. The van der Waals surface area contributed by atoms with Gasteiger partial charge in [0.05, 0.1) is 27.8 Å².